The Bertz CT molecular complexity index is 1350. The zero-order chi connectivity index (χ0) is 21.1. The first-order valence-corrected chi connectivity index (χ1v) is 10.6. The Balaban J connectivity index is 1.66. The summed E-state index contributed by atoms with van der Waals surface area (Å²) in [6.07, 6.45) is 2.96. The molecule has 0 fully saturated rings. The second-order valence-corrected chi connectivity index (χ2v) is 8.14. The van der Waals surface area contributed by atoms with Crippen molar-refractivity contribution in [3.63, 3.8) is 0 Å². The molecule has 0 spiro atoms. The number of hydrogen-bond donors (Lipinski definition) is 0. The van der Waals surface area contributed by atoms with Crippen molar-refractivity contribution in [3.05, 3.63) is 95.6 Å². The van der Waals surface area contributed by atoms with E-state index in [1.54, 1.807) is 18.2 Å². The third kappa shape index (κ3) is 4.42. The number of thiazole rings is 1. The van der Waals surface area contributed by atoms with Gasteiger partial charge in [-0.25, -0.2) is 0 Å². The van der Waals surface area contributed by atoms with E-state index >= 15 is 0 Å². The van der Waals surface area contributed by atoms with Crippen LogP contribution in [0.4, 0.5) is 0 Å². The van der Waals surface area contributed by atoms with Crippen LogP contribution in [0.2, 0.25) is 5.02 Å². The lowest BCUT2D eigenvalue weighted by molar-refractivity contribution is 0.317. The maximum Gasteiger partial charge on any atom is 0.296 e. The van der Waals surface area contributed by atoms with E-state index in [2.05, 4.69) is 10.1 Å². The molecule has 4 rings (SSSR count). The molecule has 8 heteroatoms. The monoisotopic (exact) mass is 439 g/mol. The van der Waals surface area contributed by atoms with E-state index < -0.39 is 5.56 Å². The molecule has 2 aromatic heterocycles. The first-order valence-electron chi connectivity index (χ1n) is 9.45. The number of halogens is 1. The van der Waals surface area contributed by atoms with E-state index in [-0.39, 0.29) is 22.6 Å². The van der Waals surface area contributed by atoms with Gasteiger partial charge in [-0.05, 0) is 47.9 Å². The Hall–Kier alpha value is -3.03. The molecule has 152 valence electrons. The number of nitrogens with zero attached hydrogens (tertiary/aromatic N) is 3. The normalized spacial score (nSPS) is 11.9. The van der Waals surface area contributed by atoms with Gasteiger partial charge in [0.05, 0.1) is 11.1 Å². The summed E-state index contributed by atoms with van der Waals surface area (Å²) in [7, 11) is 0. The summed E-state index contributed by atoms with van der Waals surface area (Å²) in [5.74, 6) is 0.779. The average molecular weight is 440 g/mol. The molecular formula is C22H18ClN3O3S. The van der Waals surface area contributed by atoms with E-state index in [1.165, 1.54) is 4.52 Å². The molecule has 4 aromatic rings. The molecule has 0 aliphatic rings. The molecule has 0 aliphatic carbocycles. The number of aromatic nitrogens is 3. The van der Waals surface area contributed by atoms with Crippen molar-refractivity contribution in [2.24, 2.45) is 0 Å². The molecule has 0 bridgehead atoms. The van der Waals surface area contributed by atoms with E-state index in [9.17, 15) is 9.59 Å². The molecule has 0 N–H and O–H groups in total. The van der Waals surface area contributed by atoms with Crippen molar-refractivity contribution < 1.29 is 4.74 Å². The Morgan fingerprint density at radius 1 is 1.10 bits per heavy atom. The largest absolute Gasteiger partial charge is 0.494 e. The molecule has 6 nitrogen and oxygen atoms in total. The van der Waals surface area contributed by atoms with E-state index in [0.29, 0.717) is 16.2 Å². The molecule has 0 saturated heterocycles. The summed E-state index contributed by atoms with van der Waals surface area (Å²) in [5.41, 5.74) is 1.21. The van der Waals surface area contributed by atoms with Crippen molar-refractivity contribution in [2.75, 3.05) is 6.61 Å². The molecule has 0 aliphatic heterocycles. The topological polar surface area (TPSA) is 73.6 Å². The Morgan fingerprint density at radius 3 is 2.53 bits per heavy atom. The third-order valence-corrected chi connectivity index (χ3v) is 5.60. The van der Waals surface area contributed by atoms with Crippen LogP contribution >= 0.6 is 22.9 Å². The van der Waals surface area contributed by atoms with Gasteiger partial charge in [0.2, 0.25) is 4.96 Å². The summed E-state index contributed by atoms with van der Waals surface area (Å²) < 4.78 is 7.22. The van der Waals surface area contributed by atoms with Crippen LogP contribution in [0.1, 0.15) is 30.2 Å². The maximum absolute atomic E-state index is 12.8. The minimum Gasteiger partial charge on any atom is -0.494 e. The van der Waals surface area contributed by atoms with Crippen LogP contribution < -0.4 is 20.4 Å². The van der Waals surface area contributed by atoms with Gasteiger partial charge in [-0.2, -0.15) is 14.6 Å². The summed E-state index contributed by atoms with van der Waals surface area (Å²) in [6.45, 7) is 2.70. The smallest absolute Gasteiger partial charge is 0.296 e. The zero-order valence-electron chi connectivity index (χ0n) is 16.2. The maximum atomic E-state index is 12.8. The van der Waals surface area contributed by atoms with Crippen LogP contribution in [-0.2, 0) is 6.42 Å². The number of rotatable bonds is 6. The van der Waals surface area contributed by atoms with Gasteiger partial charge in [0.25, 0.3) is 11.1 Å². The van der Waals surface area contributed by atoms with Crippen LogP contribution in [0.15, 0.2) is 58.1 Å². The lowest BCUT2D eigenvalue weighted by Gasteiger charge is -2.05. The molecule has 0 amide bonds. The van der Waals surface area contributed by atoms with Crippen molar-refractivity contribution in [1.82, 2.24) is 14.6 Å². The van der Waals surface area contributed by atoms with Crippen LogP contribution in [0.25, 0.3) is 11.0 Å². The lowest BCUT2D eigenvalue weighted by atomic mass is 10.1. The highest BCUT2D eigenvalue weighted by molar-refractivity contribution is 7.15. The fourth-order valence-electron chi connectivity index (χ4n) is 2.88. The molecule has 0 radical (unpaired) electrons. The van der Waals surface area contributed by atoms with E-state index in [0.717, 1.165) is 34.6 Å². The SMILES string of the molecule is CCCOc1ccc(Cc2nn3c(=O)c(=Cc4ccc(Cl)cc4)sc3nc2=O)cc1. The van der Waals surface area contributed by atoms with Gasteiger partial charge in [-0.15, -0.1) is 0 Å². The Morgan fingerprint density at radius 2 is 1.83 bits per heavy atom. The first kappa shape index (κ1) is 20.3. The third-order valence-electron chi connectivity index (χ3n) is 4.39. The lowest BCUT2D eigenvalue weighted by Crippen LogP contribution is -2.28. The summed E-state index contributed by atoms with van der Waals surface area (Å²) in [5, 5.41) is 4.90. The average Bonchev–Trinajstić information content (AvgIpc) is 3.04. The van der Waals surface area contributed by atoms with Gasteiger partial charge in [-0.3, -0.25) is 9.59 Å². The number of benzene rings is 2. The van der Waals surface area contributed by atoms with Crippen LogP contribution in [0.3, 0.4) is 0 Å². The van der Waals surface area contributed by atoms with Crippen molar-refractivity contribution in [1.29, 1.82) is 0 Å². The highest BCUT2D eigenvalue weighted by Gasteiger charge is 2.12. The minimum atomic E-state index is -0.430. The number of hydrogen-bond acceptors (Lipinski definition) is 6. The highest BCUT2D eigenvalue weighted by Crippen LogP contribution is 2.14. The number of ether oxygens (including phenoxy) is 1. The van der Waals surface area contributed by atoms with Crippen LogP contribution in [-0.4, -0.2) is 21.2 Å². The standard InChI is InChI=1S/C22H18ClN3O3S/c1-2-11-29-17-9-5-14(6-10-17)12-18-20(27)24-22-26(25-18)21(28)19(30-22)13-15-3-7-16(23)8-4-15/h3-10,13H,2,11-12H2,1H3. The van der Waals surface area contributed by atoms with Gasteiger partial charge in [-0.1, -0.05) is 54.1 Å². The van der Waals surface area contributed by atoms with Crippen LogP contribution in [0.5, 0.6) is 5.75 Å². The molecule has 0 saturated carbocycles. The van der Waals surface area contributed by atoms with Gasteiger partial charge in [0, 0.05) is 11.4 Å². The first-order chi connectivity index (χ1) is 14.5. The quantitative estimate of drug-likeness (QED) is 0.461. The van der Waals surface area contributed by atoms with Gasteiger partial charge in [0.1, 0.15) is 11.4 Å². The minimum absolute atomic E-state index is 0.225. The molecule has 2 heterocycles. The van der Waals surface area contributed by atoms with Crippen molar-refractivity contribution in [3.8, 4) is 5.75 Å². The van der Waals surface area contributed by atoms with Gasteiger partial charge in [0.15, 0.2) is 0 Å². The Labute approximate surface area is 181 Å². The number of fused-ring (bicyclic) bond motifs is 1. The molecule has 30 heavy (non-hydrogen) atoms. The van der Waals surface area contributed by atoms with Crippen molar-refractivity contribution >= 4 is 34.0 Å². The van der Waals surface area contributed by atoms with Crippen LogP contribution in [0, 0.1) is 0 Å². The summed E-state index contributed by atoms with van der Waals surface area (Å²) in [6, 6.07) is 14.6. The molecule has 0 atom stereocenters. The predicted molar refractivity (Wildman–Crippen MR) is 119 cm³/mol. The van der Waals surface area contributed by atoms with Crippen molar-refractivity contribution in [2.45, 2.75) is 19.8 Å². The Kier molecular flexibility index (Phi) is 5.92. The van der Waals surface area contributed by atoms with E-state index in [1.807, 2.05) is 43.3 Å². The van der Waals surface area contributed by atoms with E-state index in [4.69, 9.17) is 16.3 Å². The summed E-state index contributed by atoms with van der Waals surface area (Å²) >= 11 is 7.04. The second kappa shape index (κ2) is 8.77. The predicted octanol–water partition coefficient (Wildman–Crippen LogP) is 3.09. The zero-order valence-corrected chi connectivity index (χ0v) is 17.7. The molecule has 2 aromatic carbocycles. The molecule has 0 unspecified atom stereocenters. The van der Waals surface area contributed by atoms with Gasteiger partial charge < -0.3 is 4.74 Å². The van der Waals surface area contributed by atoms with Gasteiger partial charge >= 0.3 is 0 Å². The molecular weight excluding hydrogens is 422 g/mol. The fourth-order valence-corrected chi connectivity index (χ4v) is 3.91. The fraction of sp³-hybridized carbons (Fsp3) is 0.182. The summed E-state index contributed by atoms with van der Waals surface area (Å²) in [4.78, 5) is 29.5. The second-order valence-electron chi connectivity index (χ2n) is 6.69. The highest BCUT2D eigenvalue weighted by atomic mass is 35.5.